The highest BCUT2D eigenvalue weighted by molar-refractivity contribution is 5.91. The van der Waals surface area contributed by atoms with Crippen LogP contribution in [0.2, 0.25) is 0 Å². The second-order valence-corrected chi connectivity index (χ2v) is 6.22. The highest BCUT2D eigenvalue weighted by Crippen LogP contribution is 2.47. The summed E-state index contributed by atoms with van der Waals surface area (Å²) in [7, 11) is 0. The van der Waals surface area contributed by atoms with Crippen LogP contribution in [-0.4, -0.2) is 12.5 Å². The molecule has 0 aliphatic heterocycles. The van der Waals surface area contributed by atoms with Crippen LogP contribution in [0, 0.1) is 11.8 Å². The van der Waals surface area contributed by atoms with Crippen LogP contribution in [0.5, 0.6) is 0 Å². The quantitative estimate of drug-likeness (QED) is 0.604. The lowest BCUT2D eigenvalue weighted by Gasteiger charge is -2.04. The van der Waals surface area contributed by atoms with Gasteiger partial charge in [-0.25, -0.2) is 0 Å². The minimum absolute atomic E-state index is 0.0495. The summed E-state index contributed by atoms with van der Waals surface area (Å²) in [4.78, 5) is 11.6. The third-order valence-corrected chi connectivity index (χ3v) is 3.78. The molecular weight excluding hydrogens is 250 g/mol. The third kappa shape index (κ3) is 4.55. The maximum absolute atomic E-state index is 11.6. The molecule has 2 rings (SSSR count). The van der Waals surface area contributed by atoms with Crippen molar-refractivity contribution < 1.29 is 9.21 Å². The van der Waals surface area contributed by atoms with Crippen molar-refractivity contribution in [2.75, 3.05) is 6.54 Å². The van der Waals surface area contributed by atoms with Crippen molar-refractivity contribution in [1.82, 2.24) is 5.32 Å². The molecule has 110 valence electrons. The number of carbonyl (C=O) groups is 1. The summed E-state index contributed by atoms with van der Waals surface area (Å²) in [6, 6.07) is 3.96. The molecule has 1 aliphatic carbocycles. The average Bonchev–Trinajstić information content (AvgIpc) is 2.95. The van der Waals surface area contributed by atoms with E-state index in [0.29, 0.717) is 11.8 Å². The van der Waals surface area contributed by atoms with Crippen molar-refractivity contribution >= 4 is 12.0 Å². The van der Waals surface area contributed by atoms with Crippen LogP contribution >= 0.6 is 0 Å². The van der Waals surface area contributed by atoms with Crippen molar-refractivity contribution in [3.63, 3.8) is 0 Å². The van der Waals surface area contributed by atoms with E-state index in [4.69, 9.17) is 4.42 Å². The molecule has 1 heterocycles. The van der Waals surface area contributed by atoms with Gasteiger partial charge in [0.25, 0.3) is 0 Å². The smallest absolute Gasteiger partial charge is 0.244 e. The van der Waals surface area contributed by atoms with Gasteiger partial charge in [0.15, 0.2) is 0 Å². The molecule has 3 heteroatoms. The van der Waals surface area contributed by atoms with Crippen molar-refractivity contribution in [3.05, 3.63) is 29.7 Å². The number of hydrogen-bond acceptors (Lipinski definition) is 2. The van der Waals surface area contributed by atoms with Gasteiger partial charge in [0.1, 0.15) is 11.5 Å². The van der Waals surface area contributed by atoms with E-state index in [-0.39, 0.29) is 5.91 Å². The molecule has 2 unspecified atom stereocenters. The molecule has 0 aromatic carbocycles. The predicted molar refractivity (Wildman–Crippen MR) is 81.3 cm³/mol. The largest absolute Gasteiger partial charge is 0.461 e. The first-order valence-corrected chi connectivity index (χ1v) is 7.62. The molecule has 1 aliphatic rings. The number of rotatable bonds is 7. The lowest BCUT2D eigenvalue weighted by atomic mass is 10.1. The van der Waals surface area contributed by atoms with Crippen LogP contribution in [0.1, 0.15) is 57.5 Å². The van der Waals surface area contributed by atoms with Crippen LogP contribution in [0.4, 0.5) is 0 Å². The maximum atomic E-state index is 11.6. The van der Waals surface area contributed by atoms with Gasteiger partial charge in [0, 0.05) is 18.5 Å². The Balaban J connectivity index is 1.71. The monoisotopic (exact) mass is 275 g/mol. The zero-order valence-electron chi connectivity index (χ0n) is 12.7. The van der Waals surface area contributed by atoms with Crippen molar-refractivity contribution in [3.8, 4) is 0 Å². The van der Waals surface area contributed by atoms with Gasteiger partial charge in [-0.2, -0.15) is 0 Å². The molecule has 1 amide bonds. The molecule has 1 aromatic heterocycles. The van der Waals surface area contributed by atoms with Gasteiger partial charge in [0.05, 0.1) is 0 Å². The van der Waals surface area contributed by atoms with Crippen LogP contribution in [0.25, 0.3) is 6.08 Å². The van der Waals surface area contributed by atoms with Gasteiger partial charge in [0.2, 0.25) is 5.91 Å². The summed E-state index contributed by atoms with van der Waals surface area (Å²) in [5, 5.41) is 2.89. The Bertz CT molecular complexity index is 473. The number of hydrogen-bond donors (Lipinski definition) is 1. The Morgan fingerprint density at radius 3 is 2.90 bits per heavy atom. The molecule has 2 atom stereocenters. The van der Waals surface area contributed by atoms with Crippen molar-refractivity contribution in [2.45, 2.75) is 46.0 Å². The Kier molecular flexibility index (Phi) is 5.05. The predicted octanol–water partition coefficient (Wildman–Crippen LogP) is 3.97. The van der Waals surface area contributed by atoms with Crippen molar-refractivity contribution in [2.24, 2.45) is 11.8 Å². The van der Waals surface area contributed by atoms with Gasteiger partial charge in [-0.1, -0.05) is 20.8 Å². The SMILES string of the molecule is CC(C)CCCNC(=O)/C=C/c1ccc(C2CC2C)o1. The maximum Gasteiger partial charge on any atom is 0.244 e. The molecule has 0 radical (unpaired) electrons. The molecule has 1 fully saturated rings. The first-order valence-electron chi connectivity index (χ1n) is 7.62. The van der Waals surface area contributed by atoms with E-state index < -0.39 is 0 Å². The molecule has 1 saturated carbocycles. The Hall–Kier alpha value is -1.51. The molecule has 1 N–H and O–H groups in total. The van der Waals surface area contributed by atoms with E-state index in [0.717, 1.165) is 36.8 Å². The fourth-order valence-electron chi connectivity index (χ4n) is 2.31. The standard InChI is InChI=1S/C17H25NO2/c1-12(2)5-4-10-18-17(19)9-7-14-6-8-16(20-14)15-11-13(15)3/h6-9,12-13,15H,4-5,10-11H2,1-3H3,(H,18,19)/b9-7+. The number of nitrogens with one attached hydrogen (secondary N) is 1. The number of carbonyl (C=O) groups excluding carboxylic acids is 1. The molecule has 3 nitrogen and oxygen atoms in total. The lowest BCUT2D eigenvalue weighted by molar-refractivity contribution is -0.116. The van der Waals surface area contributed by atoms with Crippen molar-refractivity contribution in [1.29, 1.82) is 0 Å². The summed E-state index contributed by atoms with van der Waals surface area (Å²) >= 11 is 0. The van der Waals surface area contributed by atoms with E-state index in [9.17, 15) is 4.79 Å². The van der Waals surface area contributed by atoms with E-state index >= 15 is 0 Å². The number of furan rings is 1. The summed E-state index contributed by atoms with van der Waals surface area (Å²) in [6.07, 6.45) is 6.68. The van der Waals surface area contributed by atoms with E-state index in [1.165, 1.54) is 6.42 Å². The van der Waals surface area contributed by atoms with Gasteiger partial charge in [-0.15, -0.1) is 0 Å². The van der Waals surface area contributed by atoms with Gasteiger partial charge in [-0.05, 0) is 49.3 Å². The zero-order chi connectivity index (χ0) is 14.5. The Morgan fingerprint density at radius 1 is 1.50 bits per heavy atom. The Morgan fingerprint density at radius 2 is 2.25 bits per heavy atom. The summed E-state index contributed by atoms with van der Waals surface area (Å²) in [5.41, 5.74) is 0. The third-order valence-electron chi connectivity index (χ3n) is 3.78. The first kappa shape index (κ1) is 14.9. The van der Waals surface area contributed by atoms with Gasteiger partial charge < -0.3 is 9.73 Å². The van der Waals surface area contributed by atoms with E-state index in [1.54, 1.807) is 12.2 Å². The molecule has 0 saturated heterocycles. The fraction of sp³-hybridized carbons (Fsp3) is 0.588. The first-order chi connectivity index (χ1) is 9.56. The minimum atomic E-state index is -0.0495. The molecular formula is C17H25NO2. The fourth-order valence-corrected chi connectivity index (χ4v) is 2.31. The van der Waals surface area contributed by atoms with Crippen LogP contribution < -0.4 is 5.32 Å². The summed E-state index contributed by atoms with van der Waals surface area (Å²) < 4.78 is 5.72. The molecule has 0 spiro atoms. The van der Waals surface area contributed by atoms with Gasteiger partial charge in [-0.3, -0.25) is 4.79 Å². The van der Waals surface area contributed by atoms with E-state index in [1.807, 2.05) is 12.1 Å². The highest BCUT2D eigenvalue weighted by atomic mass is 16.3. The average molecular weight is 275 g/mol. The molecule has 20 heavy (non-hydrogen) atoms. The van der Waals surface area contributed by atoms with E-state index in [2.05, 4.69) is 26.1 Å². The van der Waals surface area contributed by atoms with Gasteiger partial charge >= 0.3 is 0 Å². The van der Waals surface area contributed by atoms with Crippen LogP contribution in [-0.2, 0) is 4.79 Å². The van der Waals surface area contributed by atoms with Crippen LogP contribution in [0.3, 0.4) is 0 Å². The molecule has 0 bridgehead atoms. The second-order valence-electron chi connectivity index (χ2n) is 6.22. The summed E-state index contributed by atoms with van der Waals surface area (Å²) in [6.45, 7) is 7.35. The topological polar surface area (TPSA) is 42.2 Å². The minimum Gasteiger partial charge on any atom is -0.461 e. The number of amides is 1. The van der Waals surface area contributed by atoms with Crippen LogP contribution in [0.15, 0.2) is 22.6 Å². The zero-order valence-corrected chi connectivity index (χ0v) is 12.7. The lowest BCUT2D eigenvalue weighted by Crippen LogP contribution is -2.22. The summed E-state index contributed by atoms with van der Waals surface area (Å²) in [5.74, 6) is 3.77. The second kappa shape index (κ2) is 6.78. The highest BCUT2D eigenvalue weighted by Gasteiger charge is 2.36. The Labute approximate surface area is 121 Å². The normalized spacial score (nSPS) is 21.6. The molecule has 1 aromatic rings.